The lowest BCUT2D eigenvalue weighted by atomic mass is 9.94. The summed E-state index contributed by atoms with van der Waals surface area (Å²) in [5.41, 5.74) is 6.98. The molecule has 0 radical (unpaired) electrons. The van der Waals surface area contributed by atoms with Crippen LogP contribution in [0.25, 0.3) is 0 Å². The van der Waals surface area contributed by atoms with Gasteiger partial charge in [-0.3, -0.25) is 4.79 Å². The highest BCUT2D eigenvalue weighted by Crippen LogP contribution is 2.49. The van der Waals surface area contributed by atoms with Crippen LogP contribution in [-0.2, 0) is 10.2 Å². The van der Waals surface area contributed by atoms with E-state index in [0.29, 0.717) is 18.8 Å². The quantitative estimate of drug-likeness (QED) is 0.598. The molecule has 1 aliphatic rings. The van der Waals surface area contributed by atoms with Crippen molar-refractivity contribution in [1.82, 2.24) is 4.90 Å². The van der Waals surface area contributed by atoms with E-state index in [1.165, 1.54) is 0 Å². The van der Waals surface area contributed by atoms with Crippen LogP contribution < -0.4 is 5.73 Å². The number of carbonyl (C=O) groups excluding carboxylic acids is 1. The molecule has 3 N–H and O–H groups in total. The van der Waals surface area contributed by atoms with E-state index in [-0.39, 0.29) is 12.5 Å². The second-order valence-electron chi connectivity index (χ2n) is 4.97. The molecule has 1 aliphatic carbocycles. The summed E-state index contributed by atoms with van der Waals surface area (Å²) in [5, 5.41) is 9.06. The lowest BCUT2D eigenvalue weighted by molar-refractivity contribution is -0.133. The molecule has 4 heteroatoms. The van der Waals surface area contributed by atoms with Gasteiger partial charge in [0.1, 0.15) is 0 Å². The first-order chi connectivity index (χ1) is 9.14. The molecule has 0 aromatic heterocycles. The van der Waals surface area contributed by atoms with Crippen molar-refractivity contribution in [2.75, 3.05) is 25.4 Å². The van der Waals surface area contributed by atoms with Gasteiger partial charge in [-0.2, -0.15) is 0 Å². The number of nitrogen functional groups attached to an aromatic ring is 1. The zero-order valence-electron chi connectivity index (χ0n) is 11.0. The fraction of sp³-hybridized carbons (Fsp3) is 0.400. The Morgan fingerprint density at radius 2 is 2.05 bits per heavy atom. The van der Waals surface area contributed by atoms with Crippen molar-refractivity contribution in [1.29, 1.82) is 0 Å². The van der Waals surface area contributed by atoms with Crippen molar-refractivity contribution >= 4 is 11.6 Å². The van der Waals surface area contributed by atoms with Gasteiger partial charge in [0.15, 0.2) is 0 Å². The van der Waals surface area contributed by atoms with Crippen molar-refractivity contribution in [3.63, 3.8) is 0 Å². The van der Waals surface area contributed by atoms with Gasteiger partial charge in [-0.25, -0.2) is 0 Å². The smallest absolute Gasteiger partial charge is 0.233 e. The van der Waals surface area contributed by atoms with Crippen LogP contribution in [0.15, 0.2) is 36.9 Å². The molecule has 0 heterocycles. The summed E-state index contributed by atoms with van der Waals surface area (Å²) in [6, 6.07) is 7.50. The van der Waals surface area contributed by atoms with Crippen LogP contribution in [-0.4, -0.2) is 35.6 Å². The van der Waals surface area contributed by atoms with Crippen LogP contribution in [0, 0.1) is 0 Å². The van der Waals surface area contributed by atoms with Crippen LogP contribution >= 0.6 is 0 Å². The second kappa shape index (κ2) is 5.45. The Morgan fingerprint density at radius 1 is 1.42 bits per heavy atom. The minimum Gasteiger partial charge on any atom is -0.399 e. The molecule has 0 aliphatic heterocycles. The molecule has 0 atom stereocenters. The summed E-state index contributed by atoms with van der Waals surface area (Å²) in [6.45, 7) is 4.45. The highest BCUT2D eigenvalue weighted by atomic mass is 16.3. The highest BCUT2D eigenvalue weighted by molar-refractivity contribution is 5.91. The summed E-state index contributed by atoms with van der Waals surface area (Å²) in [6.07, 6.45) is 3.40. The molecule has 1 aromatic carbocycles. The molecule has 19 heavy (non-hydrogen) atoms. The lowest BCUT2D eigenvalue weighted by Crippen LogP contribution is -2.41. The Kier molecular flexibility index (Phi) is 3.90. The van der Waals surface area contributed by atoms with Gasteiger partial charge in [-0.1, -0.05) is 18.2 Å². The number of rotatable bonds is 6. The van der Waals surface area contributed by atoms with Gasteiger partial charge in [0.05, 0.1) is 12.0 Å². The number of hydrogen-bond donors (Lipinski definition) is 2. The van der Waals surface area contributed by atoms with E-state index in [2.05, 4.69) is 6.58 Å². The van der Waals surface area contributed by atoms with E-state index in [9.17, 15) is 4.79 Å². The molecule has 1 saturated carbocycles. The average molecular weight is 260 g/mol. The maximum Gasteiger partial charge on any atom is 0.233 e. The summed E-state index contributed by atoms with van der Waals surface area (Å²) in [7, 11) is 0. The Labute approximate surface area is 113 Å². The van der Waals surface area contributed by atoms with E-state index in [0.717, 1.165) is 18.4 Å². The van der Waals surface area contributed by atoms with Gasteiger partial charge in [-0.15, -0.1) is 6.58 Å². The first kappa shape index (κ1) is 13.6. The van der Waals surface area contributed by atoms with Gasteiger partial charge in [0.25, 0.3) is 0 Å². The molecule has 4 nitrogen and oxygen atoms in total. The van der Waals surface area contributed by atoms with Crippen molar-refractivity contribution in [2.24, 2.45) is 0 Å². The first-order valence-electron chi connectivity index (χ1n) is 6.51. The van der Waals surface area contributed by atoms with Crippen LogP contribution in [0.1, 0.15) is 18.4 Å². The van der Waals surface area contributed by atoms with Crippen LogP contribution in [0.2, 0.25) is 0 Å². The standard InChI is InChI=1S/C15H20N2O2/c1-2-9-17(10-11-18)14(19)15(7-8-15)12-3-5-13(16)6-4-12/h2-6,18H,1,7-11,16H2. The summed E-state index contributed by atoms with van der Waals surface area (Å²) in [5.74, 6) is 0.0752. The van der Waals surface area contributed by atoms with Crippen LogP contribution in [0.3, 0.4) is 0 Å². The number of nitrogens with two attached hydrogens (primary N) is 1. The van der Waals surface area contributed by atoms with E-state index >= 15 is 0 Å². The number of nitrogens with zero attached hydrogens (tertiary/aromatic N) is 1. The summed E-state index contributed by atoms with van der Waals surface area (Å²) < 4.78 is 0. The number of benzene rings is 1. The Balaban J connectivity index is 2.21. The van der Waals surface area contributed by atoms with Gasteiger partial charge >= 0.3 is 0 Å². The molecule has 1 aromatic rings. The number of carbonyl (C=O) groups is 1. The SMILES string of the molecule is C=CCN(CCO)C(=O)C1(c2ccc(N)cc2)CC1. The van der Waals surface area contributed by atoms with Crippen LogP contribution in [0.5, 0.6) is 0 Å². The summed E-state index contributed by atoms with van der Waals surface area (Å²) in [4.78, 5) is 14.3. The normalized spacial score (nSPS) is 15.8. The molecule has 2 rings (SSSR count). The maximum absolute atomic E-state index is 12.6. The van der Waals surface area contributed by atoms with E-state index in [1.54, 1.807) is 11.0 Å². The van der Waals surface area contributed by atoms with Crippen LogP contribution in [0.4, 0.5) is 5.69 Å². The largest absolute Gasteiger partial charge is 0.399 e. The molecule has 1 amide bonds. The number of hydrogen-bond acceptors (Lipinski definition) is 3. The van der Waals surface area contributed by atoms with E-state index in [1.807, 2.05) is 24.3 Å². The third-order valence-electron chi connectivity index (χ3n) is 3.63. The minimum absolute atomic E-state index is 0.0304. The third kappa shape index (κ3) is 2.63. The predicted molar refractivity (Wildman–Crippen MR) is 75.6 cm³/mol. The third-order valence-corrected chi connectivity index (χ3v) is 3.63. The topological polar surface area (TPSA) is 66.6 Å². The van der Waals surface area contributed by atoms with Crippen molar-refractivity contribution in [3.8, 4) is 0 Å². The highest BCUT2D eigenvalue weighted by Gasteiger charge is 2.52. The Morgan fingerprint density at radius 3 is 2.53 bits per heavy atom. The molecule has 1 fully saturated rings. The molecular weight excluding hydrogens is 240 g/mol. The van der Waals surface area contributed by atoms with Gasteiger partial charge < -0.3 is 15.7 Å². The van der Waals surface area contributed by atoms with E-state index in [4.69, 9.17) is 10.8 Å². The second-order valence-corrected chi connectivity index (χ2v) is 4.97. The van der Waals surface area contributed by atoms with Gasteiger partial charge in [0.2, 0.25) is 5.91 Å². The predicted octanol–water partition coefficient (Wildman–Crippen LogP) is 1.31. The molecular formula is C15H20N2O2. The summed E-state index contributed by atoms with van der Waals surface area (Å²) >= 11 is 0. The number of amides is 1. The zero-order chi connectivity index (χ0) is 13.9. The monoisotopic (exact) mass is 260 g/mol. The Hall–Kier alpha value is -1.81. The van der Waals surface area contributed by atoms with E-state index < -0.39 is 5.41 Å². The molecule has 0 unspecified atom stereocenters. The first-order valence-corrected chi connectivity index (χ1v) is 6.51. The van der Waals surface area contributed by atoms with Crippen molar-refractivity contribution < 1.29 is 9.90 Å². The van der Waals surface area contributed by atoms with Gasteiger partial charge in [0, 0.05) is 18.8 Å². The molecule has 102 valence electrons. The van der Waals surface area contributed by atoms with Crippen molar-refractivity contribution in [2.45, 2.75) is 18.3 Å². The Bertz CT molecular complexity index is 464. The fourth-order valence-corrected chi connectivity index (χ4v) is 2.41. The van der Waals surface area contributed by atoms with Gasteiger partial charge in [-0.05, 0) is 30.5 Å². The molecule has 0 spiro atoms. The molecule has 0 bridgehead atoms. The fourth-order valence-electron chi connectivity index (χ4n) is 2.41. The average Bonchev–Trinajstić information content (AvgIpc) is 3.20. The zero-order valence-corrected chi connectivity index (χ0v) is 11.0. The lowest BCUT2D eigenvalue weighted by Gasteiger charge is -2.26. The maximum atomic E-state index is 12.6. The number of anilines is 1. The molecule has 0 saturated heterocycles. The number of aliphatic hydroxyl groups is 1. The van der Waals surface area contributed by atoms with Crippen molar-refractivity contribution in [3.05, 3.63) is 42.5 Å². The minimum atomic E-state index is -0.411. The number of aliphatic hydroxyl groups excluding tert-OH is 1.